The molecule has 0 bridgehead atoms. The number of fused-ring (bicyclic) bond motifs is 1. The second-order valence-electron chi connectivity index (χ2n) is 7.49. The Kier molecular flexibility index (Phi) is 7.31. The molecule has 0 aliphatic rings. The third-order valence-corrected chi connectivity index (χ3v) is 5.35. The van der Waals surface area contributed by atoms with Gasteiger partial charge in [-0.3, -0.25) is 13.9 Å². The second-order valence-corrected chi connectivity index (χ2v) is 7.85. The number of hydrogen-bond acceptors (Lipinski definition) is 7. The van der Waals surface area contributed by atoms with Gasteiger partial charge in [0.15, 0.2) is 17.0 Å². The van der Waals surface area contributed by atoms with Crippen molar-refractivity contribution in [3.63, 3.8) is 0 Å². The van der Waals surface area contributed by atoms with Crippen molar-refractivity contribution in [2.75, 3.05) is 13.2 Å². The fourth-order valence-electron chi connectivity index (χ4n) is 3.55. The van der Waals surface area contributed by atoms with Crippen LogP contribution in [0.25, 0.3) is 11.2 Å². The molecule has 3 heterocycles. The molecular weight excluding hydrogens is 493 g/mol. The molecule has 35 heavy (non-hydrogen) atoms. The van der Waals surface area contributed by atoms with Crippen LogP contribution < -0.4 is 11.2 Å². The van der Waals surface area contributed by atoms with Gasteiger partial charge in [-0.2, -0.15) is 9.78 Å². The summed E-state index contributed by atoms with van der Waals surface area (Å²) in [5.41, 5.74) is -1.29. The fourth-order valence-corrected chi connectivity index (χ4v) is 3.72. The largest absolute Gasteiger partial charge is 0.380 e. The van der Waals surface area contributed by atoms with E-state index in [9.17, 15) is 22.8 Å². The fraction of sp³-hybridized carbons (Fsp3) is 0.400. The first-order valence-electron chi connectivity index (χ1n) is 10.6. The van der Waals surface area contributed by atoms with Crippen LogP contribution in [0.3, 0.4) is 0 Å². The molecular formula is C20H20ClF3N8O3. The van der Waals surface area contributed by atoms with E-state index in [4.69, 9.17) is 16.3 Å². The summed E-state index contributed by atoms with van der Waals surface area (Å²) in [7, 11) is 0. The van der Waals surface area contributed by atoms with Crippen LogP contribution in [0.5, 0.6) is 0 Å². The van der Waals surface area contributed by atoms with Crippen LogP contribution in [-0.4, -0.2) is 52.5 Å². The first kappa shape index (κ1) is 24.6. The van der Waals surface area contributed by atoms with E-state index in [-0.39, 0.29) is 66.9 Å². The average Bonchev–Trinajstić information content (AvgIpc) is 3.41. The minimum atomic E-state index is -1.05. The molecule has 4 rings (SSSR count). The molecule has 186 valence electrons. The lowest BCUT2D eigenvalue weighted by atomic mass is 10.1. The summed E-state index contributed by atoms with van der Waals surface area (Å²) >= 11 is 5.91. The number of imidazole rings is 1. The quantitative estimate of drug-likeness (QED) is 0.253. The summed E-state index contributed by atoms with van der Waals surface area (Å²) < 4.78 is 48.5. The maximum atomic E-state index is 13.9. The van der Waals surface area contributed by atoms with Gasteiger partial charge >= 0.3 is 5.69 Å². The Morgan fingerprint density at radius 2 is 1.83 bits per heavy atom. The Morgan fingerprint density at radius 3 is 2.54 bits per heavy atom. The molecule has 0 saturated heterocycles. The van der Waals surface area contributed by atoms with Gasteiger partial charge in [0.25, 0.3) is 5.56 Å². The summed E-state index contributed by atoms with van der Waals surface area (Å²) in [6.07, 6.45) is -0.0533. The molecule has 0 aliphatic carbocycles. The van der Waals surface area contributed by atoms with Crippen LogP contribution in [-0.2, 0) is 30.8 Å². The lowest BCUT2D eigenvalue weighted by molar-refractivity contribution is 0.138. The van der Waals surface area contributed by atoms with E-state index in [2.05, 4.69) is 25.4 Å². The highest BCUT2D eigenvalue weighted by Crippen LogP contribution is 2.17. The number of aromatic nitrogens is 8. The Bertz CT molecular complexity index is 1460. The minimum absolute atomic E-state index is 0.0206. The summed E-state index contributed by atoms with van der Waals surface area (Å²) in [5.74, 6) is -3.09. The molecule has 1 aromatic carbocycles. The molecule has 3 aromatic heterocycles. The molecule has 0 spiro atoms. The molecule has 11 nitrogen and oxygen atoms in total. The summed E-state index contributed by atoms with van der Waals surface area (Å²) in [5, 5.41) is 11.6. The van der Waals surface area contributed by atoms with Crippen LogP contribution in [0.15, 0.2) is 21.7 Å². The van der Waals surface area contributed by atoms with Crippen LogP contribution in [0, 0.1) is 17.5 Å². The monoisotopic (exact) mass is 512 g/mol. The predicted molar refractivity (Wildman–Crippen MR) is 118 cm³/mol. The highest BCUT2D eigenvalue weighted by molar-refractivity contribution is 6.28. The van der Waals surface area contributed by atoms with E-state index < -0.39 is 28.7 Å². The van der Waals surface area contributed by atoms with Crippen LogP contribution in [0.1, 0.15) is 24.7 Å². The number of aryl methyl sites for hydroxylation is 1. The van der Waals surface area contributed by atoms with Gasteiger partial charge in [-0.05, 0) is 30.2 Å². The summed E-state index contributed by atoms with van der Waals surface area (Å²) in [4.78, 5) is 33.7. The van der Waals surface area contributed by atoms with Crippen molar-refractivity contribution in [2.24, 2.45) is 0 Å². The zero-order chi connectivity index (χ0) is 25.1. The average molecular weight is 513 g/mol. The third kappa shape index (κ3) is 5.27. The molecule has 0 atom stereocenters. The van der Waals surface area contributed by atoms with Gasteiger partial charge < -0.3 is 9.72 Å². The Hall–Kier alpha value is -3.52. The minimum Gasteiger partial charge on any atom is -0.380 e. The number of aromatic amines is 1. The number of nitrogens with one attached hydrogen (secondary N) is 1. The molecule has 4 aromatic rings. The topological polar surface area (TPSA) is 126 Å². The van der Waals surface area contributed by atoms with Crippen LogP contribution >= 0.6 is 11.6 Å². The van der Waals surface area contributed by atoms with Gasteiger partial charge in [-0.15, -0.1) is 10.2 Å². The predicted octanol–water partition coefficient (Wildman–Crippen LogP) is 1.66. The highest BCUT2D eigenvalue weighted by atomic mass is 35.5. The van der Waals surface area contributed by atoms with E-state index in [1.165, 1.54) is 9.36 Å². The van der Waals surface area contributed by atoms with E-state index in [1.807, 2.05) is 6.92 Å². The van der Waals surface area contributed by atoms with Gasteiger partial charge in [-0.1, -0.05) is 0 Å². The van der Waals surface area contributed by atoms with E-state index in [0.29, 0.717) is 18.7 Å². The van der Waals surface area contributed by atoms with Gasteiger partial charge in [0.2, 0.25) is 5.28 Å². The lowest BCUT2D eigenvalue weighted by Gasteiger charge is -2.11. The number of benzene rings is 1. The number of halogens is 4. The molecule has 15 heteroatoms. The van der Waals surface area contributed by atoms with Crippen molar-refractivity contribution >= 4 is 22.8 Å². The zero-order valence-electron chi connectivity index (χ0n) is 18.5. The maximum absolute atomic E-state index is 13.9. The van der Waals surface area contributed by atoms with E-state index >= 15 is 0 Å². The standard InChI is InChI=1S/C20H20ClF3N8O3/c1-2-35-7-6-30-17-16(25-19(21)26-17)18(33)31(20(30)34)4-3-5-32-28-15(27-29-32)10-12-13(23)8-11(22)9-14(12)24/h8-9H,2-7,10H2,1H3,(H,25,26). The number of tetrazole rings is 1. The normalized spacial score (nSPS) is 11.6. The van der Waals surface area contributed by atoms with Gasteiger partial charge in [-0.25, -0.2) is 18.0 Å². The first-order chi connectivity index (χ1) is 16.8. The summed E-state index contributed by atoms with van der Waals surface area (Å²) in [6.45, 7) is 2.89. The van der Waals surface area contributed by atoms with Gasteiger partial charge in [0, 0.05) is 37.3 Å². The van der Waals surface area contributed by atoms with Crippen molar-refractivity contribution in [2.45, 2.75) is 39.4 Å². The van der Waals surface area contributed by atoms with Gasteiger partial charge in [0.05, 0.1) is 19.7 Å². The zero-order valence-corrected chi connectivity index (χ0v) is 19.2. The van der Waals surface area contributed by atoms with Crippen LogP contribution in [0.2, 0.25) is 5.28 Å². The number of ether oxygens (including phenoxy) is 1. The maximum Gasteiger partial charge on any atom is 0.332 e. The number of rotatable bonds is 10. The number of hydrogen-bond donors (Lipinski definition) is 1. The number of nitrogens with zero attached hydrogens (tertiary/aromatic N) is 7. The smallest absolute Gasteiger partial charge is 0.332 e. The molecule has 0 unspecified atom stereocenters. The highest BCUT2D eigenvalue weighted by Gasteiger charge is 2.18. The van der Waals surface area contributed by atoms with E-state index in [1.54, 1.807) is 0 Å². The number of H-pyrrole nitrogens is 1. The molecule has 0 saturated carbocycles. The molecule has 0 aliphatic heterocycles. The SMILES string of the molecule is CCOCCn1c(=O)n(CCCn2nnc(Cc3c(F)cc(F)cc3F)n2)c(=O)c2[nH]c(Cl)nc21. The van der Waals surface area contributed by atoms with Crippen molar-refractivity contribution in [3.8, 4) is 0 Å². The van der Waals surface area contributed by atoms with E-state index in [0.717, 1.165) is 4.57 Å². The van der Waals surface area contributed by atoms with Gasteiger partial charge in [0.1, 0.15) is 17.5 Å². The Labute approximate surface area is 200 Å². The van der Waals surface area contributed by atoms with Crippen LogP contribution in [0.4, 0.5) is 13.2 Å². The Balaban J connectivity index is 1.49. The van der Waals surface area contributed by atoms with Crippen molar-refractivity contribution in [3.05, 3.63) is 67.1 Å². The molecule has 0 fully saturated rings. The third-order valence-electron chi connectivity index (χ3n) is 5.17. The van der Waals surface area contributed by atoms with Crippen molar-refractivity contribution < 1.29 is 17.9 Å². The lowest BCUT2D eigenvalue weighted by Crippen LogP contribution is -2.41. The van der Waals surface area contributed by atoms with Crippen molar-refractivity contribution in [1.82, 2.24) is 39.3 Å². The second kappa shape index (κ2) is 10.4. The Morgan fingerprint density at radius 1 is 1.09 bits per heavy atom. The molecule has 0 radical (unpaired) electrons. The summed E-state index contributed by atoms with van der Waals surface area (Å²) in [6, 6.07) is 1.15. The molecule has 0 amide bonds. The molecule has 1 N–H and O–H groups in total. The van der Waals surface area contributed by atoms with Crippen molar-refractivity contribution in [1.29, 1.82) is 0 Å². The first-order valence-corrected chi connectivity index (χ1v) is 11.0.